The van der Waals surface area contributed by atoms with E-state index in [4.69, 9.17) is 0 Å². The van der Waals surface area contributed by atoms with E-state index in [1.54, 1.807) is 17.0 Å². The minimum absolute atomic E-state index is 0.0349. The van der Waals surface area contributed by atoms with Crippen LogP contribution in [-0.2, 0) is 0 Å². The van der Waals surface area contributed by atoms with Crippen molar-refractivity contribution in [2.45, 2.75) is 18.8 Å². The fourth-order valence-electron chi connectivity index (χ4n) is 4.85. The van der Waals surface area contributed by atoms with Crippen molar-refractivity contribution in [1.82, 2.24) is 20.0 Å². The summed E-state index contributed by atoms with van der Waals surface area (Å²) in [6.45, 7) is 3.87. The van der Waals surface area contributed by atoms with Crippen LogP contribution in [0.15, 0.2) is 48.7 Å². The lowest BCUT2D eigenvalue weighted by Crippen LogP contribution is -2.49. The summed E-state index contributed by atoms with van der Waals surface area (Å²) in [5.74, 6) is -1.76. The molecular formula is C25H26F3N5O. The minimum Gasteiger partial charge on any atom is -0.368 e. The van der Waals surface area contributed by atoms with Crippen molar-refractivity contribution < 1.29 is 18.0 Å². The zero-order valence-corrected chi connectivity index (χ0v) is 18.7. The van der Waals surface area contributed by atoms with Crippen molar-refractivity contribution in [2.24, 2.45) is 0 Å². The number of nitrogens with one attached hydrogen (secondary N) is 1. The quantitative estimate of drug-likeness (QED) is 0.633. The molecule has 1 N–H and O–H groups in total. The number of hydrogen-bond donors (Lipinski definition) is 1. The van der Waals surface area contributed by atoms with Crippen LogP contribution >= 0.6 is 0 Å². The van der Waals surface area contributed by atoms with Crippen LogP contribution in [0.5, 0.6) is 0 Å². The zero-order chi connectivity index (χ0) is 23.7. The third kappa shape index (κ3) is 4.40. The molecular weight excluding hydrogens is 443 g/mol. The van der Waals surface area contributed by atoms with Crippen LogP contribution in [0.3, 0.4) is 0 Å². The summed E-state index contributed by atoms with van der Waals surface area (Å²) in [7, 11) is 0. The predicted octanol–water partition coefficient (Wildman–Crippen LogP) is 3.72. The first-order valence-electron chi connectivity index (χ1n) is 11.5. The number of nitrogens with zero attached hydrogens (tertiary/aromatic N) is 4. The molecule has 0 saturated carbocycles. The van der Waals surface area contributed by atoms with E-state index in [2.05, 4.69) is 15.3 Å². The summed E-state index contributed by atoms with van der Waals surface area (Å²) < 4.78 is 42.9. The molecule has 0 aliphatic carbocycles. The molecule has 2 aliphatic rings. The molecule has 0 unspecified atom stereocenters. The minimum atomic E-state index is -0.717. The molecule has 2 aromatic carbocycles. The summed E-state index contributed by atoms with van der Waals surface area (Å²) in [4.78, 5) is 17.5. The standard InChI is InChI=1S/C25H26F3N5O/c26-18-1-4-20(5-2-18)31-11-13-32(14-12-31)25(34)21-16-30-33(23-6-3-19(27)15-22(23)28)24(21)17-7-9-29-10-8-17/h1-6,15-17,29H,7-14H2. The molecule has 3 aromatic rings. The number of amides is 1. The number of halogens is 3. The van der Waals surface area contributed by atoms with Gasteiger partial charge in [0.05, 0.1) is 17.5 Å². The molecule has 0 radical (unpaired) electrons. The van der Waals surface area contributed by atoms with Gasteiger partial charge in [0, 0.05) is 43.9 Å². The molecule has 2 saturated heterocycles. The smallest absolute Gasteiger partial charge is 0.257 e. The Bertz CT molecular complexity index is 1170. The van der Waals surface area contributed by atoms with Crippen molar-refractivity contribution in [3.63, 3.8) is 0 Å². The molecule has 178 valence electrons. The molecule has 2 fully saturated rings. The Labute approximate surface area is 196 Å². The van der Waals surface area contributed by atoms with E-state index in [0.717, 1.165) is 37.7 Å². The van der Waals surface area contributed by atoms with Gasteiger partial charge >= 0.3 is 0 Å². The van der Waals surface area contributed by atoms with E-state index < -0.39 is 11.6 Å². The number of anilines is 1. The van der Waals surface area contributed by atoms with E-state index in [1.807, 2.05) is 0 Å². The maximum atomic E-state index is 14.6. The van der Waals surface area contributed by atoms with Crippen molar-refractivity contribution in [3.05, 3.63) is 77.4 Å². The first-order chi connectivity index (χ1) is 16.5. The molecule has 34 heavy (non-hydrogen) atoms. The second-order valence-electron chi connectivity index (χ2n) is 8.73. The van der Waals surface area contributed by atoms with E-state index in [1.165, 1.54) is 35.1 Å². The van der Waals surface area contributed by atoms with E-state index in [0.29, 0.717) is 37.4 Å². The number of piperazine rings is 1. The van der Waals surface area contributed by atoms with Crippen molar-refractivity contribution in [1.29, 1.82) is 0 Å². The first-order valence-corrected chi connectivity index (χ1v) is 11.5. The second-order valence-corrected chi connectivity index (χ2v) is 8.73. The van der Waals surface area contributed by atoms with Crippen LogP contribution < -0.4 is 10.2 Å². The summed E-state index contributed by atoms with van der Waals surface area (Å²) in [6.07, 6.45) is 3.11. The van der Waals surface area contributed by atoms with E-state index in [-0.39, 0.29) is 23.3 Å². The molecule has 1 amide bonds. The molecule has 0 spiro atoms. The van der Waals surface area contributed by atoms with Crippen LogP contribution in [0.2, 0.25) is 0 Å². The Morgan fingerprint density at radius 2 is 1.59 bits per heavy atom. The van der Waals surface area contributed by atoms with Crippen LogP contribution in [-0.4, -0.2) is 59.9 Å². The van der Waals surface area contributed by atoms with Gasteiger partial charge in [-0.25, -0.2) is 17.9 Å². The summed E-state index contributed by atoms with van der Waals surface area (Å²) in [5, 5.41) is 7.69. The number of rotatable bonds is 4. The van der Waals surface area contributed by atoms with Crippen LogP contribution in [0.25, 0.3) is 5.69 Å². The molecule has 5 rings (SSSR count). The van der Waals surface area contributed by atoms with Crippen molar-refractivity contribution >= 4 is 11.6 Å². The highest BCUT2D eigenvalue weighted by atomic mass is 19.1. The molecule has 9 heteroatoms. The summed E-state index contributed by atoms with van der Waals surface area (Å²) in [5.41, 5.74) is 2.20. The van der Waals surface area contributed by atoms with E-state index >= 15 is 0 Å². The highest BCUT2D eigenvalue weighted by Crippen LogP contribution is 2.32. The van der Waals surface area contributed by atoms with Crippen molar-refractivity contribution in [3.8, 4) is 5.69 Å². The average Bonchev–Trinajstić information content (AvgIpc) is 3.29. The van der Waals surface area contributed by atoms with Gasteiger partial charge < -0.3 is 15.1 Å². The largest absolute Gasteiger partial charge is 0.368 e. The molecule has 3 heterocycles. The second kappa shape index (κ2) is 9.50. The molecule has 1 aromatic heterocycles. The SMILES string of the molecule is O=C(c1cnn(-c2ccc(F)cc2F)c1C1CCNCC1)N1CCN(c2ccc(F)cc2)CC1. The third-order valence-electron chi connectivity index (χ3n) is 6.66. The van der Waals surface area contributed by atoms with E-state index in [9.17, 15) is 18.0 Å². The topological polar surface area (TPSA) is 53.4 Å². The lowest BCUT2D eigenvalue weighted by atomic mass is 9.91. The van der Waals surface area contributed by atoms with Gasteiger partial charge in [0.2, 0.25) is 0 Å². The van der Waals surface area contributed by atoms with Crippen LogP contribution in [0.4, 0.5) is 18.9 Å². The Kier molecular flexibility index (Phi) is 6.28. The highest BCUT2D eigenvalue weighted by Gasteiger charge is 2.31. The highest BCUT2D eigenvalue weighted by molar-refractivity contribution is 5.95. The zero-order valence-electron chi connectivity index (χ0n) is 18.7. The summed E-state index contributed by atoms with van der Waals surface area (Å²) >= 11 is 0. The van der Waals surface area contributed by atoms with Gasteiger partial charge in [0.15, 0.2) is 5.82 Å². The number of hydrogen-bond acceptors (Lipinski definition) is 4. The summed E-state index contributed by atoms with van der Waals surface area (Å²) in [6, 6.07) is 9.73. The number of piperidine rings is 1. The van der Waals surface area contributed by atoms with Gasteiger partial charge in [-0.2, -0.15) is 5.10 Å². The molecule has 0 bridgehead atoms. The van der Waals surface area contributed by atoms with Gasteiger partial charge in [-0.1, -0.05) is 0 Å². The normalized spacial score (nSPS) is 17.3. The predicted molar refractivity (Wildman–Crippen MR) is 123 cm³/mol. The van der Waals surface area contributed by atoms with Crippen molar-refractivity contribution in [2.75, 3.05) is 44.2 Å². The van der Waals surface area contributed by atoms with Gasteiger partial charge in [0.1, 0.15) is 17.3 Å². The van der Waals surface area contributed by atoms with Crippen LogP contribution in [0, 0.1) is 17.5 Å². The number of benzene rings is 2. The lowest BCUT2D eigenvalue weighted by molar-refractivity contribution is 0.0744. The molecule has 6 nitrogen and oxygen atoms in total. The molecule has 0 atom stereocenters. The maximum absolute atomic E-state index is 14.6. The Balaban J connectivity index is 1.41. The Hall–Kier alpha value is -3.33. The first kappa shape index (κ1) is 22.5. The Morgan fingerprint density at radius 3 is 2.26 bits per heavy atom. The number of aromatic nitrogens is 2. The van der Waals surface area contributed by atoms with Crippen LogP contribution in [0.1, 0.15) is 34.8 Å². The fourth-order valence-corrected chi connectivity index (χ4v) is 4.85. The number of carbonyl (C=O) groups excluding carboxylic acids is 1. The monoisotopic (exact) mass is 469 g/mol. The van der Waals surface area contributed by atoms with Gasteiger partial charge in [0.25, 0.3) is 5.91 Å². The third-order valence-corrected chi connectivity index (χ3v) is 6.66. The fraction of sp³-hybridized carbons (Fsp3) is 0.360. The average molecular weight is 470 g/mol. The lowest BCUT2D eigenvalue weighted by Gasteiger charge is -2.36. The maximum Gasteiger partial charge on any atom is 0.257 e. The van der Waals surface area contributed by atoms with Gasteiger partial charge in [-0.3, -0.25) is 4.79 Å². The van der Waals surface area contributed by atoms with Gasteiger partial charge in [-0.15, -0.1) is 0 Å². The Morgan fingerprint density at radius 1 is 0.912 bits per heavy atom. The molecule has 2 aliphatic heterocycles. The number of carbonyl (C=O) groups is 1. The van der Waals surface area contributed by atoms with Gasteiger partial charge in [-0.05, 0) is 62.3 Å².